The van der Waals surface area contributed by atoms with E-state index in [1.165, 1.54) is 24.3 Å². The van der Waals surface area contributed by atoms with Gasteiger partial charge in [-0.05, 0) is 0 Å². The van der Waals surface area contributed by atoms with Crippen molar-refractivity contribution in [1.82, 2.24) is 0 Å². The normalized spacial score (nSPS) is 19.1. The summed E-state index contributed by atoms with van der Waals surface area (Å²) in [6.07, 6.45) is 21.2. The van der Waals surface area contributed by atoms with Crippen LogP contribution in [0.15, 0.2) is 68.5 Å². The molecule has 2 atom stereocenters. The number of carbonyl (C=O) groups is 2. The summed E-state index contributed by atoms with van der Waals surface area (Å²) in [6, 6.07) is 4.54. The van der Waals surface area contributed by atoms with E-state index in [1.807, 2.05) is 67.5 Å². The van der Waals surface area contributed by atoms with Gasteiger partial charge in [0.1, 0.15) is 0 Å². The third-order valence-corrected chi connectivity index (χ3v) is 23.0. The van der Waals surface area contributed by atoms with Crippen LogP contribution in [-0.4, -0.2) is 23.9 Å². The Morgan fingerprint density at radius 2 is 0.983 bits per heavy atom. The third kappa shape index (κ3) is 8.15. The number of nitrogens with zero attached hydrogens (tertiary/aromatic N) is 2. The van der Waals surface area contributed by atoms with E-state index in [1.54, 1.807) is 34.1 Å². The van der Waals surface area contributed by atoms with Gasteiger partial charge in [0.2, 0.25) is 0 Å². The molecule has 0 radical (unpaired) electrons. The molecular formula is C50H66F4N2O2Ti. The SMILES string of the molecule is CCC(C)C(C)(C)C(=O)N(c1ccc(F)[c]([Ti]([C]2=CC=CC2)([C]2=CC=CC2)[c]2c(F)ccc(N(C(=O)C(C)(C)C(C)CC)C3CCCCC3)c2F)c1F)C1CCCCC1. The molecule has 2 aromatic carbocycles. The first kappa shape index (κ1) is 45.3. The molecule has 0 N–H and O–H groups in total. The van der Waals surface area contributed by atoms with Crippen LogP contribution in [0.4, 0.5) is 28.9 Å². The summed E-state index contributed by atoms with van der Waals surface area (Å²) < 4.78 is 72.2. The second-order valence-corrected chi connectivity index (χ2v) is 24.8. The van der Waals surface area contributed by atoms with Crippen molar-refractivity contribution < 1.29 is 43.7 Å². The first-order valence-corrected chi connectivity index (χ1v) is 25.5. The van der Waals surface area contributed by atoms with Crippen molar-refractivity contribution in [2.75, 3.05) is 9.80 Å². The Hall–Kier alpha value is -3.23. The van der Waals surface area contributed by atoms with E-state index in [0.29, 0.717) is 33.4 Å². The van der Waals surface area contributed by atoms with E-state index >= 15 is 17.6 Å². The summed E-state index contributed by atoms with van der Waals surface area (Å²) in [5.74, 6) is -4.15. The van der Waals surface area contributed by atoms with Crippen LogP contribution in [0.2, 0.25) is 0 Å². The van der Waals surface area contributed by atoms with Gasteiger partial charge in [0.25, 0.3) is 0 Å². The fourth-order valence-corrected chi connectivity index (χ4v) is 18.5. The molecule has 2 unspecified atom stereocenters. The fraction of sp³-hybridized carbons (Fsp3) is 0.560. The minimum atomic E-state index is -5.35. The topological polar surface area (TPSA) is 40.6 Å². The van der Waals surface area contributed by atoms with Crippen molar-refractivity contribution in [1.29, 1.82) is 0 Å². The third-order valence-electron chi connectivity index (χ3n) is 15.0. The summed E-state index contributed by atoms with van der Waals surface area (Å²) in [4.78, 5) is 33.0. The number of benzene rings is 2. The molecule has 6 rings (SSSR count). The van der Waals surface area contributed by atoms with Crippen LogP contribution in [0.3, 0.4) is 0 Å². The van der Waals surface area contributed by atoms with Crippen LogP contribution in [0.25, 0.3) is 0 Å². The van der Waals surface area contributed by atoms with E-state index in [0.717, 1.165) is 51.4 Å². The summed E-state index contributed by atoms with van der Waals surface area (Å²) in [6.45, 7) is 15.7. The Balaban J connectivity index is 1.68. The molecule has 4 aliphatic rings. The molecule has 0 aromatic heterocycles. The average Bonchev–Trinajstić information content (AvgIpc) is 3.99. The van der Waals surface area contributed by atoms with Crippen LogP contribution < -0.4 is 17.5 Å². The molecular weight excluding hydrogens is 784 g/mol. The number of carbonyl (C=O) groups excluding carboxylic acids is 2. The molecule has 2 saturated carbocycles. The molecule has 4 aliphatic carbocycles. The first-order valence-electron chi connectivity index (χ1n) is 22.4. The van der Waals surface area contributed by atoms with Crippen LogP contribution in [0.1, 0.15) is 145 Å². The van der Waals surface area contributed by atoms with Crippen LogP contribution in [0.5, 0.6) is 0 Å². The van der Waals surface area contributed by atoms with E-state index in [-0.39, 0.29) is 67.7 Å². The molecule has 0 bridgehead atoms. The van der Waals surface area contributed by atoms with Crippen molar-refractivity contribution in [2.24, 2.45) is 22.7 Å². The van der Waals surface area contributed by atoms with Crippen LogP contribution in [0, 0.1) is 45.9 Å². The number of rotatable bonds is 14. The van der Waals surface area contributed by atoms with Gasteiger partial charge in [-0.25, -0.2) is 0 Å². The maximum atomic E-state index is 18.5. The van der Waals surface area contributed by atoms with Gasteiger partial charge in [-0.3, -0.25) is 0 Å². The van der Waals surface area contributed by atoms with Crippen molar-refractivity contribution in [3.8, 4) is 0 Å². The van der Waals surface area contributed by atoms with E-state index in [2.05, 4.69) is 0 Å². The van der Waals surface area contributed by atoms with Gasteiger partial charge in [0.15, 0.2) is 0 Å². The second-order valence-electron chi connectivity index (χ2n) is 18.9. The van der Waals surface area contributed by atoms with Gasteiger partial charge in [0.05, 0.1) is 0 Å². The van der Waals surface area contributed by atoms with Crippen LogP contribution >= 0.6 is 0 Å². The molecule has 9 heteroatoms. The van der Waals surface area contributed by atoms with Crippen molar-refractivity contribution in [3.63, 3.8) is 0 Å². The van der Waals surface area contributed by atoms with Gasteiger partial charge in [-0.2, -0.15) is 0 Å². The molecule has 2 fully saturated rings. The Morgan fingerprint density at radius 3 is 1.29 bits per heavy atom. The number of allylic oxidation sites excluding steroid dienone is 8. The zero-order valence-electron chi connectivity index (χ0n) is 36.7. The molecule has 2 aromatic rings. The van der Waals surface area contributed by atoms with Gasteiger partial charge in [0, 0.05) is 0 Å². The molecule has 0 aliphatic heterocycles. The van der Waals surface area contributed by atoms with E-state index in [4.69, 9.17) is 0 Å². The number of halogens is 4. The molecule has 2 amide bonds. The molecule has 4 nitrogen and oxygen atoms in total. The average molecular weight is 851 g/mol. The molecule has 0 spiro atoms. The van der Waals surface area contributed by atoms with Gasteiger partial charge in [-0.1, -0.05) is 0 Å². The zero-order valence-corrected chi connectivity index (χ0v) is 38.3. The van der Waals surface area contributed by atoms with Crippen LogP contribution in [-0.2, 0) is 26.2 Å². The van der Waals surface area contributed by atoms with Crippen molar-refractivity contribution in [2.45, 2.75) is 157 Å². The standard InChI is InChI=1S/2C20H28F2NO.2C5H5.Ti/c2*1-5-14(2)20(3,4)19(24)23(16-9-7-6-8-10-16)18-12-11-15(21)13-17(18)22;2*1-2-4-5-3-1;/h2*11-12,14,16H,5-10H2,1-4H3;2*1-3H,4H2;. The molecule has 320 valence electrons. The number of amides is 2. The van der Waals surface area contributed by atoms with Gasteiger partial charge in [-0.15, -0.1) is 0 Å². The summed E-state index contributed by atoms with van der Waals surface area (Å²) >= 11 is -5.35. The quantitative estimate of drug-likeness (QED) is 0.140. The number of anilines is 2. The Morgan fingerprint density at radius 1 is 0.627 bits per heavy atom. The Bertz CT molecular complexity index is 1880. The van der Waals surface area contributed by atoms with E-state index < -0.39 is 50.7 Å². The van der Waals surface area contributed by atoms with Crippen molar-refractivity contribution >= 4 is 30.9 Å². The minimum absolute atomic E-state index is 0.0312. The molecule has 0 heterocycles. The van der Waals surface area contributed by atoms with Gasteiger partial charge < -0.3 is 0 Å². The predicted octanol–water partition coefficient (Wildman–Crippen LogP) is 12.5. The number of hydrogen-bond acceptors (Lipinski definition) is 2. The monoisotopic (exact) mass is 850 g/mol. The Kier molecular flexibility index (Phi) is 14.1. The number of hydrogen-bond donors (Lipinski definition) is 0. The van der Waals surface area contributed by atoms with Crippen molar-refractivity contribution in [3.05, 3.63) is 91.7 Å². The maximum absolute atomic E-state index is 18.5. The summed E-state index contributed by atoms with van der Waals surface area (Å²) in [5.41, 5.74) is -1.80. The fourth-order valence-electron chi connectivity index (χ4n) is 10.3. The molecule has 0 saturated heterocycles. The summed E-state index contributed by atoms with van der Waals surface area (Å²) in [7, 11) is 0. The zero-order chi connectivity index (χ0) is 42.9. The predicted molar refractivity (Wildman–Crippen MR) is 231 cm³/mol. The Labute approximate surface area is 354 Å². The van der Waals surface area contributed by atoms with Gasteiger partial charge >= 0.3 is 356 Å². The second kappa shape index (κ2) is 18.4. The molecule has 59 heavy (non-hydrogen) atoms. The first-order chi connectivity index (χ1) is 28.1. The van der Waals surface area contributed by atoms with E-state index in [9.17, 15) is 9.59 Å². The summed E-state index contributed by atoms with van der Waals surface area (Å²) in [5, 5.41) is 0.